The molecule has 280 valence electrons. The first kappa shape index (κ1) is 37.4. The van der Waals surface area contributed by atoms with Gasteiger partial charge in [0.2, 0.25) is 5.78 Å². The first-order chi connectivity index (χ1) is 24.1. The lowest BCUT2D eigenvalue weighted by atomic mass is 9.58. The lowest BCUT2D eigenvalue weighted by Gasteiger charge is -2.49. The summed E-state index contributed by atoms with van der Waals surface area (Å²) in [4.78, 5) is 35.8. The van der Waals surface area contributed by atoms with Crippen LogP contribution in [0.1, 0.15) is 123 Å². The number of anilines is 1. The molecule has 2 N–H and O–H groups in total. The standard InChI is InChI=1S/C40H58N4O7/c1-10-12-16-49-28-20-24(21-44(25-14-15-25)22-39(3,4)5)32(42(6)7)26-18-23-19-27-33(43(8)9)35-31(38(41-51-35)50-17-13-11-2)37(47)40(27,48)36(46)29(23)34(45)30(26)28/h20,23,25,27,33,46,48H,10-19,21-22H2,1-9H3/t23-,27-,33-,40-/m0/s1. The topological polar surface area (TPSA) is 129 Å². The van der Waals surface area contributed by atoms with Gasteiger partial charge in [-0.05, 0) is 86.3 Å². The third kappa shape index (κ3) is 6.70. The summed E-state index contributed by atoms with van der Waals surface area (Å²) in [5.41, 5.74) is 1.28. The largest absolute Gasteiger partial charge is 0.508 e. The summed E-state index contributed by atoms with van der Waals surface area (Å²) in [5.74, 6) is -2.16. The number of nitrogens with zero attached hydrogens (tertiary/aromatic N) is 4. The van der Waals surface area contributed by atoms with Crippen LogP contribution in [0.25, 0.3) is 0 Å². The molecule has 11 nitrogen and oxygen atoms in total. The minimum Gasteiger partial charge on any atom is -0.508 e. The minimum absolute atomic E-state index is 0.00359. The molecular weight excluding hydrogens is 648 g/mol. The van der Waals surface area contributed by atoms with Crippen LogP contribution in [0.3, 0.4) is 0 Å². The zero-order valence-corrected chi connectivity index (χ0v) is 32.1. The quantitative estimate of drug-likeness (QED) is 0.208. The summed E-state index contributed by atoms with van der Waals surface area (Å²) in [6.07, 6.45) is 6.49. The van der Waals surface area contributed by atoms with E-state index < -0.39 is 40.8 Å². The van der Waals surface area contributed by atoms with Crippen LogP contribution >= 0.6 is 0 Å². The van der Waals surface area contributed by atoms with Gasteiger partial charge in [-0.15, -0.1) is 0 Å². The van der Waals surface area contributed by atoms with Gasteiger partial charge in [-0.3, -0.25) is 19.4 Å². The molecule has 51 heavy (non-hydrogen) atoms. The Kier molecular flexibility index (Phi) is 10.4. The zero-order chi connectivity index (χ0) is 37.0. The number of aromatic nitrogens is 1. The molecule has 0 saturated heterocycles. The zero-order valence-electron chi connectivity index (χ0n) is 32.1. The number of hydrogen-bond acceptors (Lipinski definition) is 11. The van der Waals surface area contributed by atoms with Crippen molar-refractivity contribution in [1.29, 1.82) is 0 Å². The monoisotopic (exact) mass is 706 g/mol. The van der Waals surface area contributed by atoms with E-state index in [1.807, 2.05) is 46.1 Å². The van der Waals surface area contributed by atoms with Gasteiger partial charge in [0.1, 0.15) is 17.1 Å². The van der Waals surface area contributed by atoms with Crippen molar-refractivity contribution < 1.29 is 33.8 Å². The molecule has 0 unspecified atom stereocenters. The Morgan fingerprint density at radius 3 is 2.27 bits per heavy atom. The van der Waals surface area contributed by atoms with Gasteiger partial charge < -0.3 is 29.1 Å². The number of hydrogen-bond donors (Lipinski definition) is 2. The fourth-order valence-electron chi connectivity index (χ4n) is 8.65. The second kappa shape index (κ2) is 14.2. The van der Waals surface area contributed by atoms with E-state index in [-0.39, 0.29) is 28.9 Å². The molecular formula is C40H58N4O7. The van der Waals surface area contributed by atoms with Gasteiger partial charge in [0, 0.05) is 50.4 Å². The smallest absolute Gasteiger partial charge is 0.265 e. The van der Waals surface area contributed by atoms with E-state index in [0.29, 0.717) is 42.7 Å². The number of aliphatic hydroxyl groups excluding tert-OH is 1. The van der Waals surface area contributed by atoms with Crippen molar-refractivity contribution in [2.24, 2.45) is 17.3 Å². The number of aliphatic hydroxyl groups is 2. The van der Waals surface area contributed by atoms with E-state index >= 15 is 0 Å². The van der Waals surface area contributed by atoms with Gasteiger partial charge in [-0.25, -0.2) is 0 Å². The van der Waals surface area contributed by atoms with Crippen LogP contribution in [-0.2, 0) is 13.0 Å². The molecule has 0 bridgehead atoms. The predicted octanol–water partition coefficient (Wildman–Crippen LogP) is 6.53. The number of unbranched alkanes of at least 4 members (excludes halogenated alkanes) is 2. The number of rotatable bonds is 14. The minimum atomic E-state index is -2.36. The Labute approximate surface area is 302 Å². The van der Waals surface area contributed by atoms with Crippen LogP contribution in [-0.4, -0.2) is 96.3 Å². The van der Waals surface area contributed by atoms with Crippen molar-refractivity contribution in [3.63, 3.8) is 0 Å². The molecule has 4 aliphatic carbocycles. The van der Waals surface area contributed by atoms with Gasteiger partial charge in [0.05, 0.1) is 24.8 Å². The molecule has 1 aromatic heterocycles. The van der Waals surface area contributed by atoms with E-state index in [4.69, 9.17) is 14.0 Å². The van der Waals surface area contributed by atoms with Gasteiger partial charge in [0.15, 0.2) is 17.1 Å². The maximum atomic E-state index is 14.9. The van der Waals surface area contributed by atoms with E-state index in [2.05, 4.69) is 42.7 Å². The Morgan fingerprint density at radius 2 is 1.69 bits per heavy atom. The van der Waals surface area contributed by atoms with Crippen molar-refractivity contribution in [2.75, 3.05) is 52.8 Å². The Balaban J connectivity index is 1.49. The van der Waals surface area contributed by atoms with Crippen molar-refractivity contribution in [3.05, 3.63) is 45.4 Å². The number of Topliss-reactive ketones (excluding diaryl/α,β-unsaturated/α-hetero) is 2. The van der Waals surface area contributed by atoms with Crippen molar-refractivity contribution in [2.45, 2.75) is 110 Å². The Bertz CT molecular complexity index is 1680. The summed E-state index contributed by atoms with van der Waals surface area (Å²) in [7, 11) is 7.73. The molecule has 4 atom stereocenters. The molecule has 0 radical (unpaired) electrons. The summed E-state index contributed by atoms with van der Waals surface area (Å²) < 4.78 is 18.1. The normalized spacial score (nSPS) is 24.4. The van der Waals surface area contributed by atoms with Crippen LogP contribution in [0, 0.1) is 17.3 Å². The molecule has 1 heterocycles. The molecule has 1 aromatic carbocycles. The third-order valence-corrected chi connectivity index (χ3v) is 11.0. The fourth-order valence-corrected chi connectivity index (χ4v) is 8.65. The maximum absolute atomic E-state index is 14.9. The van der Waals surface area contributed by atoms with E-state index in [1.165, 1.54) is 12.8 Å². The highest BCUT2D eigenvalue weighted by Crippen LogP contribution is 2.57. The number of fused-ring (bicyclic) bond motifs is 4. The van der Waals surface area contributed by atoms with Gasteiger partial charge >= 0.3 is 0 Å². The first-order valence-corrected chi connectivity index (χ1v) is 18.9. The van der Waals surface area contributed by atoms with Crippen molar-refractivity contribution in [1.82, 2.24) is 15.0 Å². The highest BCUT2D eigenvalue weighted by Gasteiger charge is 2.64. The second-order valence-electron chi connectivity index (χ2n) is 16.8. The van der Waals surface area contributed by atoms with Crippen LogP contribution in [0.2, 0.25) is 0 Å². The van der Waals surface area contributed by atoms with E-state index in [1.54, 1.807) is 0 Å². The molecule has 6 rings (SSSR count). The Hall–Kier alpha value is -3.41. The first-order valence-electron chi connectivity index (χ1n) is 18.9. The van der Waals surface area contributed by atoms with Crippen LogP contribution in [0.5, 0.6) is 11.6 Å². The summed E-state index contributed by atoms with van der Waals surface area (Å²) in [5, 5.41) is 28.7. The molecule has 0 amide bonds. The third-order valence-electron chi connectivity index (χ3n) is 11.0. The highest BCUT2D eigenvalue weighted by atomic mass is 16.5. The molecule has 1 fully saturated rings. The number of benzene rings is 1. The van der Waals surface area contributed by atoms with E-state index in [0.717, 1.165) is 55.6 Å². The van der Waals surface area contributed by atoms with Gasteiger partial charge in [-0.1, -0.05) is 47.5 Å². The fraction of sp³-hybridized carbons (Fsp3) is 0.675. The van der Waals surface area contributed by atoms with E-state index in [9.17, 15) is 19.8 Å². The lowest BCUT2D eigenvalue weighted by Crippen LogP contribution is -2.59. The predicted molar refractivity (Wildman–Crippen MR) is 196 cm³/mol. The molecule has 4 aliphatic rings. The number of ketones is 2. The van der Waals surface area contributed by atoms with Gasteiger partial charge in [-0.2, -0.15) is 0 Å². The Morgan fingerprint density at radius 1 is 1.02 bits per heavy atom. The summed E-state index contributed by atoms with van der Waals surface area (Å²) >= 11 is 0. The second-order valence-corrected chi connectivity index (χ2v) is 16.8. The number of allylic oxidation sites excluding steroid dienone is 1. The molecule has 0 aliphatic heterocycles. The number of carbonyl (C=O) groups is 2. The van der Waals surface area contributed by atoms with Crippen LogP contribution in [0.4, 0.5) is 5.69 Å². The average molecular weight is 707 g/mol. The highest BCUT2D eigenvalue weighted by molar-refractivity contribution is 6.16. The van der Waals surface area contributed by atoms with Crippen molar-refractivity contribution >= 4 is 17.3 Å². The lowest BCUT2D eigenvalue weighted by molar-refractivity contribution is -0.0559. The molecule has 11 heteroatoms. The molecule has 2 aromatic rings. The number of ether oxygens (including phenoxy) is 2. The van der Waals surface area contributed by atoms with Gasteiger partial charge in [0.25, 0.3) is 5.88 Å². The van der Waals surface area contributed by atoms with Crippen LogP contribution in [0.15, 0.2) is 21.9 Å². The number of carbonyl (C=O) groups excluding carboxylic acids is 2. The van der Waals surface area contributed by atoms with Crippen LogP contribution < -0.4 is 14.4 Å². The maximum Gasteiger partial charge on any atom is 0.265 e. The average Bonchev–Trinajstić information content (AvgIpc) is 3.82. The van der Waals surface area contributed by atoms with Crippen molar-refractivity contribution in [3.8, 4) is 11.6 Å². The summed E-state index contributed by atoms with van der Waals surface area (Å²) in [6, 6.07) is 1.96. The molecule has 0 spiro atoms. The summed E-state index contributed by atoms with van der Waals surface area (Å²) in [6.45, 7) is 13.4. The molecule has 1 saturated carbocycles. The SMILES string of the molecule is CCCCOc1cc(CN(CC(C)(C)C)C2CC2)c(N(C)C)c2c1C(=O)C1=C(O)[C@]3(O)C(=O)c4c(OCCCC)noc4[C@@H](N(C)C)[C@@H]3C[C@@H]1C2.